The lowest BCUT2D eigenvalue weighted by molar-refractivity contribution is -0.248. The second kappa shape index (κ2) is 6.98. The number of hydrogen-bond acceptors (Lipinski definition) is 7. The first-order chi connectivity index (χ1) is 8.52. The zero-order valence-electron chi connectivity index (χ0n) is 9.36. The van der Waals surface area contributed by atoms with Crippen molar-refractivity contribution in [1.29, 1.82) is 0 Å². The number of aliphatic hydroxyl groups is 4. The maximum atomic E-state index is 10.6. The molecule has 7 N–H and O–H groups in total. The minimum Gasteiger partial charge on any atom is -0.475 e. The van der Waals surface area contributed by atoms with Crippen LogP contribution >= 0.6 is 0 Å². The largest absolute Gasteiger partial charge is 0.490 e. The fourth-order valence-corrected chi connectivity index (χ4v) is 1.12. The highest BCUT2D eigenvalue weighted by Crippen LogP contribution is 2.17. The molecule has 1 saturated heterocycles. The number of nitrogens with two attached hydrogens (primary N) is 1. The van der Waals surface area contributed by atoms with E-state index in [1.54, 1.807) is 0 Å². The Morgan fingerprint density at radius 3 is 1.95 bits per heavy atom. The van der Waals surface area contributed by atoms with Gasteiger partial charge < -0.3 is 36.0 Å². The molecule has 0 amide bonds. The second-order valence-corrected chi connectivity index (χ2v) is 3.61. The average molecular weight is 293 g/mol. The first-order valence-electron chi connectivity index (χ1n) is 4.88. The van der Waals surface area contributed by atoms with Gasteiger partial charge in [-0.05, 0) is 0 Å². The van der Waals surface area contributed by atoms with Crippen molar-refractivity contribution >= 4 is 5.97 Å². The molecule has 19 heavy (non-hydrogen) atoms. The molecule has 1 heterocycles. The number of halogens is 3. The summed E-state index contributed by atoms with van der Waals surface area (Å²) in [6, 6.07) is -1.04. The molecule has 0 radical (unpaired) electrons. The van der Waals surface area contributed by atoms with Gasteiger partial charge in [0.1, 0.15) is 18.3 Å². The Balaban J connectivity index is 0.000000399. The van der Waals surface area contributed by atoms with Gasteiger partial charge in [0.25, 0.3) is 0 Å². The lowest BCUT2D eigenvalue weighted by Crippen LogP contribution is -2.61. The average Bonchev–Trinajstić information content (AvgIpc) is 2.30. The van der Waals surface area contributed by atoms with Crippen LogP contribution in [0, 0.1) is 0 Å². The van der Waals surface area contributed by atoms with Crippen molar-refractivity contribution in [2.24, 2.45) is 5.73 Å². The van der Waals surface area contributed by atoms with E-state index in [9.17, 15) is 23.4 Å². The van der Waals surface area contributed by atoms with Crippen molar-refractivity contribution in [3.8, 4) is 0 Å². The third-order valence-electron chi connectivity index (χ3n) is 2.19. The molecule has 0 bridgehead atoms. The lowest BCUT2D eigenvalue weighted by Gasteiger charge is -2.38. The van der Waals surface area contributed by atoms with Crippen LogP contribution in [-0.2, 0) is 9.53 Å². The van der Waals surface area contributed by atoms with Gasteiger partial charge in [0.2, 0.25) is 0 Å². The summed E-state index contributed by atoms with van der Waals surface area (Å²) in [6.45, 7) is -0.470. The maximum absolute atomic E-state index is 10.6. The van der Waals surface area contributed by atoms with Gasteiger partial charge in [-0.2, -0.15) is 13.2 Å². The quantitative estimate of drug-likeness (QED) is 0.307. The Kier molecular flexibility index (Phi) is 6.62. The molecular formula is C8H14F3NO7. The Hall–Kier alpha value is -0.980. The van der Waals surface area contributed by atoms with Crippen LogP contribution in [0.3, 0.4) is 0 Å². The molecule has 11 heteroatoms. The number of hydrogen-bond donors (Lipinski definition) is 6. The van der Waals surface area contributed by atoms with Gasteiger partial charge in [0.05, 0.1) is 12.6 Å². The summed E-state index contributed by atoms with van der Waals surface area (Å²) < 4.78 is 36.4. The van der Waals surface area contributed by atoms with E-state index in [0.29, 0.717) is 0 Å². The number of carbonyl (C=O) groups is 1. The number of carboxylic acid groups (broad SMARTS) is 1. The summed E-state index contributed by atoms with van der Waals surface area (Å²) in [5.74, 6) is -2.76. The van der Waals surface area contributed by atoms with Crippen molar-refractivity contribution in [2.45, 2.75) is 36.8 Å². The first-order valence-corrected chi connectivity index (χ1v) is 4.88. The van der Waals surface area contributed by atoms with E-state index in [4.69, 9.17) is 30.6 Å². The van der Waals surface area contributed by atoms with Crippen LogP contribution in [0.1, 0.15) is 0 Å². The van der Waals surface area contributed by atoms with E-state index in [1.807, 2.05) is 0 Å². The normalized spacial score (nSPS) is 35.3. The second-order valence-electron chi connectivity index (χ2n) is 3.61. The summed E-state index contributed by atoms with van der Waals surface area (Å²) >= 11 is 0. The minimum atomic E-state index is -5.08. The Morgan fingerprint density at radius 1 is 1.21 bits per heavy atom. The predicted octanol–water partition coefficient (Wildman–Crippen LogP) is -2.62. The SMILES string of the molecule is N[C@H]1C(O)O[C@H](CO)[C@H](O)[C@@H]1O.O=C(O)C(F)(F)F. The van der Waals surface area contributed by atoms with Crippen molar-refractivity contribution in [1.82, 2.24) is 0 Å². The molecular weight excluding hydrogens is 279 g/mol. The van der Waals surface area contributed by atoms with Gasteiger partial charge >= 0.3 is 12.1 Å². The molecule has 1 aliphatic heterocycles. The molecule has 1 aliphatic rings. The van der Waals surface area contributed by atoms with Gasteiger partial charge in [-0.25, -0.2) is 4.79 Å². The molecule has 0 saturated carbocycles. The zero-order valence-corrected chi connectivity index (χ0v) is 9.36. The highest BCUT2D eigenvalue weighted by Gasteiger charge is 2.41. The number of alkyl halides is 3. The molecule has 0 aromatic rings. The molecule has 114 valence electrons. The van der Waals surface area contributed by atoms with E-state index < -0.39 is 49.4 Å². The summed E-state index contributed by atoms with van der Waals surface area (Å²) in [6.07, 6.45) is -9.94. The molecule has 5 atom stereocenters. The molecule has 1 rings (SSSR count). The van der Waals surface area contributed by atoms with Crippen LogP contribution in [0.5, 0.6) is 0 Å². The van der Waals surface area contributed by atoms with Crippen molar-refractivity contribution in [3.05, 3.63) is 0 Å². The summed E-state index contributed by atoms with van der Waals surface area (Å²) in [4.78, 5) is 8.90. The highest BCUT2D eigenvalue weighted by atomic mass is 19.4. The van der Waals surface area contributed by atoms with Gasteiger partial charge in [-0.3, -0.25) is 0 Å². The van der Waals surface area contributed by atoms with Crippen LogP contribution in [0.2, 0.25) is 0 Å². The van der Waals surface area contributed by atoms with E-state index in [-0.39, 0.29) is 0 Å². The van der Waals surface area contributed by atoms with Crippen LogP contribution in [-0.4, -0.2) is 74.9 Å². The smallest absolute Gasteiger partial charge is 0.475 e. The maximum Gasteiger partial charge on any atom is 0.490 e. The monoisotopic (exact) mass is 293 g/mol. The number of carboxylic acids is 1. The Bertz CT molecular complexity index is 296. The first kappa shape index (κ1) is 18.0. The molecule has 1 unspecified atom stereocenters. The zero-order chi connectivity index (χ0) is 15.4. The van der Waals surface area contributed by atoms with Crippen molar-refractivity contribution in [3.63, 3.8) is 0 Å². The molecule has 0 aliphatic carbocycles. The highest BCUT2D eigenvalue weighted by molar-refractivity contribution is 5.73. The molecule has 0 aromatic carbocycles. The third kappa shape index (κ3) is 5.26. The van der Waals surface area contributed by atoms with Crippen LogP contribution in [0.4, 0.5) is 13.2 Å². The van der Waals surface area contributed by atoms with Gasteiger partial charge in [0, 0.05) is 0 Å². The number of ether oxygens (including phenoxy) is 1. The topological polar surface area (TPSA) is 153 Å². The summed E-state index contributed by atoms with van der Waals surface area (Å²) in [7, 11) is 0. The Labute approximate surface area is 104 Å². The molecule has 0 spiro atoms. The minimum absolute atomic E-state index is 0.470. The number of aliphatic carboxylic acids is 1. The van der Waals surface area contributed by atoms with E-state index >= 15 is 0 Å². The lowest BCUT2D eigenvalue weighted by atomic mass is 9.98. The molecule has 1 fully saturated rings. The van der Waals surface area contributed by atoms with Crippen molar-refractivity contribution < 1.29 is 48.2 Å². The summed E-state index contributed by atoms with van der Waals surface area (Å²) in [5, 5.41) is 43.2. The van der Waals surface area contributed by atoms with Gasteiger partial charge in [-0.15, -0.1) is 0 Å². The Morgan fingerprint density at radius 2 is 1.63 bits per heavy atom. The third-order valence-corrected chi connectivity index (χ3v) is 2.19. The van der Waals surface area contributed by atoms with E-state index in [0.717, 1.165) is 0 Å². The number of aliphatic hydroxyl groups excluding tert-OH is 4. The predicted molar refractivity (Wildman–Crippen MR) is 51.6 cm³/mol. The van der Waals surface area contributed by atoms with Gasteiger partial charge in [0.15, 0.2) is 6.29 Å². The van der Waals surface area contributed by atoms with Crippen molar-refractivity contribution in [2.75, 3.05) is 6.61 Å². The van der Waals surface area contributed by atoms with Crippen LogP contribution < -0.4 is 5.73 Å². The van der Waals surface area contributed by atoms with E-state index in [2.05, 4.69) is 0 Å². The molecule has 0 aromatic heterocycles. The summed E-state index contributed by atoms with van der Waals surface area (Å²) in [5.41, 5.74) is 5.26. The van der Waals surface area contributed by atoms with Gasteiger partial charge in [-0.1, -0.05) is 0 Å². The molecule has 8 nitrogen and oxygen atoms in total. The van der Waals surface area contributed by atoms with Crippen LogP contribution in [0.15, 0.2) is 0 Å². The number of rotatable bonds is 1. The fraction of sp³-hybridized carbons (Fsp3) is 0.875. The fourth-order valence-electron chi connectivity index (χ4n) is 1.12. The standard InChI is InChI=1S/C6H13NO5.C2HF3O2/c7-3-5(10)4(9)2(1-8)12-6(3)11;3-2(4,5)1(6)7/h2-6,8-11H,1,7H2;(H,6,7)/t2-,3-,4+,5-,6?;/m1./s1. The van der Waals surface area contributed by atoms with E-state index in [1.165, 1.54) is 0 Å². The van der Waals surface area contributed by atoms with Crippen LogP contribution in [0.25, 0.3) is 0 Å².